The molecule has 0 aliphatic heterocycles. The quantitative estimate of drug-likeness (QED) is 0.563. The van der Waals surface area contributed by atoms with E-state index in [1.54, 1.807) is 0 Å². The molecular weight excluding hydrogens is 122 g/mol. The van der Waals surface area contributed by atoms with E-state index < -0.39 is 0 Å². The van der Waals surface area contributed by atoms with Crippen molar-refractivity contribution in [2.45, 2.75) is 52.0 Å². The summed E-state index contributed by atoms with van der Waals surface area (Å²) in [5.41, 5.74) is 0. The third-order valence-electron chi connectivity index (χ3n) is 1.98. The molecule has 0 heterocycles. The van der Waals surface area contributed by atoms with Crippen molar-refractivity contribution in [3.05, 3.63) is 0 Å². The highest BCUT2D eigenvalue weighted by molar-refractivity contribution is 4.56. The van der Waals surface area contributed by atoms with E-state index in [0.29, 0.717) is 6.04 Å². The fourth-order valence-corrected chi connectivity index (χ4v) is 1.02. The number of unbranched alkanes of at least 4 members (excludes halogenated alkanes) is 3. The van der Waals surface area contributed by atoms with E-state index in [1.165, 1.54) is 32.1 Å². The molecule has 62 valence electrons. The van der Waals surface area contributed by atoms with Crippen LogP contribution in [0.5, 0.6) is 0 Å². The Morgan fingerprint density at radius 3 is 2.40 bits per heavy atom. The smallest absolute Gasteiger partial charge is 0.00357 e. The molecule has 0 aromatic rings. The largest absolute Gasteiger partial charge is 0.317 e. The first-order chi connectivity index (χ1) is 4.81. The van der Waals surface area contributed by atoms with Crippen LogP contribution in [0.1, 0.15) is 46.0 Å². The van der Waals surface area contributed by atoms with Gasteiger partial charge in [0.05, 0.1) is 0 Å². The van der Waals surface area contributed by atoms with Gasteiger partial charge >= 0.3 is 0 Å². The standard InChI is InChI=1S/C9H21N/c1-4-5-6-7-8-9(2)10-3/h9-10H,4-8H2,1-3H3/t9-/m0/s1. The van der Waals surface area contributed by atoms with Gasteiger partial charge in [-0.25, -0.2) is 0 Å². The van der Waals surface area contributed by atoms with E-state index in [4.69, 9.17) is 0 Å². The molecule has 0 rings (SSSR count). The molecule has 0 unspecified atom stereocenters. The van der Waals surface area contributed by atoms with Crippen LogP contribution in [0, 0.1) is 0 Å². The zero-order chi connectivity index (χ0) is 7.82. The van der Waals surface area contributed by atoms with Crippen molar-refractivity contribution < 1.29 is 0 Å². The van der Waals surface area contributed by atoms with Gasteiger partial charge in [0, 0.05) is 6.04 Å². The van der Waals surface area contributed by atoms with Crippen LogP contribution in [0.25, 0.3) is 0 Å². The lowest BCUT2D eigenvalue weighted by atomic mass is 10.1. The number of hydrogen-bond acceptors (Lipinski definition) is 1. The van der Waals surface area contributed by atoms with Crippen LogP contribution in [-0.2, 0) is 0 Å². The molecule has 1 nitrogen and oxygen atoms in total. The minimum absolute atomic E-state index is 0.705. The Hall–Kier alpha value is -0.0400. The van der Waals surface area contributed by atoms with Crippen molar-refractivity contribution in [2.75, 3.05) is 7.05 Å². The third-order valence-corrected chi connectivity index (χ3v) is 1.98. The lowest BCUT2D eigenvalue weighted by molar-refractivity contribution is 0.518. The van der Waals surface area contributed by atoms with Crippen LogP contribution in [0.3, 0.4) is 0 Å². The minimum atomic E-state index is 0.705. The molecule has 1 heteroatoms. The van der Waals surface area contributed by atoms with Crippen LogP contribution < -0.4 is 5.32 Å². The summed E-state index contributed by atoms with van der Waals surface area (Å²) in [6.45, 7) is 4.49. The Morgan fingerprint density at radius 2 is 1.90 bits per heavy atom. The van der Waals surface area contributed by atoms with Gasteiger partial charge in [0.1, 0.15) is 0 Å². The highest BCUT2D eigenvalue weighted by Crippen LogP contribution is 2.04. The summed E-state index contributed by atoms with van der Waals surface area (Å²) in [6.07, 6.45) is 6.86. The highest BCUT2D eigenvalue weighted by atomic mass is 14.8. The van der Waals surface area contributed by atoms with Crippen LogP contribution in [-0.4, -0.2) is 13.1 Å². The first kappa shape index (κ1) is 9.96. The Labute approximate surface area is 65.2 Å². The van der Waals surface area contributed by atoms with Crippen LogP contribution in [0.4, 0.5) is 0 Å². The van der Waals surface area contributed by atoms with Crippen LogP contribution in [0.2, 0.25) is 0 Å². The molecule has 0 aromatic carbocycles. The van der Waals surface area contributed by atoms with E-state index >= 15 is 0 Å². The Bertz CT molecular complexity index is 61.7. The van der Waals surface area contributed by atoms with Gasteiger partial charge < -0.3 is 5.32 Å². The summed E-state index contributed by atoms with van der Waals surface area (Å²) in [4.78, 5) is 0. The maximum absolute atomic E-state index is 3.24. The maximum atomic E-state index is 3.24. The zero-order valence-corrected chi connectivity index (χ0v) is 7.61. The molecule has 0 bridgehead atoms. The second-order valence-electron chi connectivity index (χ2n) is 3.04. The van der Waals surface area contributed by atoms with Crippen molar-refractivity contribution in [1.82, 2.24) is 5.32 Å². The van der Waals surface area contributed by atoms with E-state index in [1.807, 2.05) is 7.05 Å². The summed E-state index contributed by atoms with van der Waals surface area (Å²) in [7, 11) is 2.03. The molecule has 0 fully saturated rings. The van der Waals surface area contributed by atoms with E-state index in [-0.39, 0.29) is 0 Å². The molecule has 0 amide bonds. The molecule has 0 spiro atoms. The average molecular weight is 143 g/mol. The number of nitrogens with one attached hydrogen (secondary N) is 1. The fraction of sp³-hybridized carbons (Fsp3) is 1.00. The fourth-order valence-electron chi connectivity index (χ4n) is 1.02. The first-order valence-electron chi connectivity index (χ1n) is 4.48. The summed E-state index contributed by atoms with van der Waals surface area (Å²) in [5.74, 6) is 0. The maximum Gasteiger partial charge on any atom is 0.00357 e. The molecule has 0 radical (unpaired) electrons. The van der Waals surface area contributed by atoms with Gasteiger partial charge in [-0.15, -0.1) is 0 Å². The van der Waals surface area contributed by atoms with Gasteiger partial charge in [-0.1, -0.05) is 32.6 Å². The van der Waals surface area contributed by atoms with Gasteiger partial charge in [-0.2, -0.15) is 0 Å². The Kier molecular flexibility index (Phi) is 7.04. The van der Waals surface area contributed by atoms with Gasteiger partial charge in [0.15, 0.2) is 0 Å². The third kappa shape index (κ3) is 6.09. The van der Waals surface area contributed by atoms with Crippen molar-refractivity contribution in [3.8, 4) is 0 Å². The molecule has 0 aliphatic carbocycles. The average Bonchev–Trinajstić information content (AvgIpc) is 1.98. The minimum Gasteiger partial charge on any atom is -0.317 e. The predicted octanol–water partition coefficient (Wildman–Crippen LogP) is 2.56. The van der Waals surface area contributed by atoms with Crippen LogP contribution in [0.15, 0.2) is 0 Å². The molecule has 1 N–H and O–H groups in total. The van der Waals surface area contributed by atoms with Gasteiger partial charge in [0.25, 0.3) is 0 Å². The molecule has 0 aromatic heterocycles. The lowest BCUT2D eigenvalue weighted by Crippen LogP contribution is -2.20. The van der Waals surface area contributed by atoms with E-state index in [0.717, 1.165) is 0 Å². The predicted molar refractivity (Wildman–Crippen MR) is 47.3 cm³/mol. The highest BCUT2D eigenvalue weighted by Gasteiger charge is 1.95. The molecule has 0 saturated carbocycles. The topological polar surface area (TPSA) is 12.0 Å². The SMILES string of the molecule is CCCCCC[C@H](C)NC. The normalized spacial score (nSPS) is 13.5. The monoisotopic (exact) mass is 143 g/mol. The zero-order valence-electron chi connectivity index (χ0n) is 7.61. The summed E-state index contributed by atoms with van der Waals surface area (Å²) in [6, 6.07) is 0.705. The number of hydrogen-bond donors (Lipinski definition) is 1. The summed E-state index contributed by atoms with van der Waals surface area (Å²) < 4.78 is 0. The second-order valence-corrected chi connectivity index (χ2v) is 3.04. The number of rotatable bonds is 6. The van der Waals surface area contributed by atoms with Crippen molar-refractivity contribution in [2.24, 2.45) is 0 Å². The van der Waals surface area contributed by atoms with E-state index in [2.05, 4.69) is 19.2 Å². The van der Waals surface area contributed by atoms with Gasteiger partial charge in [0.2, 0.25) is 0 Å². The Morgan fingerprint density at radius 1 is 1.20 bits per heavy atom. The first-order valence-corrected chi connectivity index (χ1v) is 4.48. The summed E-state index contributed by atoms with van der Waals surface area (Å²) in [5, 5.41) is 3.24. The van der Waals surface area contributed by atoms with Crippen molar-refractivity contribution in [3.63, 3.8) is 0 Å². The van der Waals surface area contributed by atoms with Crippen molar-refractivity contribution in [1.29, 1.82) is 0 Å². The lowest BCUT2D eigenvalue weighted by Gasteiger charge is -2.08. The molecule has 0 saturated heterocycles. The molecule has 10 heavy (non-hydrogen) atoms. The van der Waals surface area contributed by atoms with Crippen molar-refractivity contribution >= 4 is 0 Å². The molecular formula is C9H21N. The summed E-state index contributed by atoms with van der Waals surface area (Å²) >= 11 is 0. The van der Waals surface area contributed by atoms with Gasteiger partial charge in [-0.05, 0) is 20.4 Å². The van der Waals surface area contributed by atoms with Gasteiger partial charge in [-0.3, -0.25) is 0 Å². The second kappa shape index (κ2) is 7.07. The van der Waals surface area contributed by atoms with Crippen LogP contribution >= 0.6 is 0 Å². The molecule has 0 aliphatic rings. The molecule has 1 atom stereocenters. The van der Waals surface area contributed by atoms with E-state index in [9.17, 15) is 0 Å². The Balaban J connectivity index is 2.89.